The van der Waals surface area contributed by atoms with E-state index in [0.29, 0.717) is 23.7 Å². The molecule has 9 nitrogen and oxygen atoms in total. The molecule has 0 radical (unpaired) electrons. The van der Waals surface area contributed by atoms with E-state index >= 15 is 0 Å². The summed E-state index contributed by atoms with van der Waals surface area (Å²) in [4.78, 5) is 16.0. The van der Waals surface area contributed by atoms with Crippen LogP contribution in [0.3, 0.4) is 0 Å². The van der Waals surface area contributed by atoms with Crippen molar-refractivity contribution in [3.05, 3.63) is 84.1 Å². The Hall–Kier alpha value is -4.21. The maximum absolute atomic E-state index is 15.0. The molecule has 10 heteroatoms. The van der Waals surface area contributed by atoms with Crippen molar-refractivity contribution in [3.8, 4) is 5.69 Å². The average Bonchev–Trinajstić information content (AvgIpc) is 3.60. The van der Waals surface area contributed by atoms with Crippen LogP contribution >= 0.6 is 0 Å². The van der Waals surface area contributed by atoms with Gasteiger partial charge in [0.1, 0.15) is 12.1 Å². The molecule has 0 amide bonds. The van der Waals surface area contributed by atoms with Crippen molar-refractivity contribution in [2.24, 2.45) is 0 Å². The number of benzene rings is 1. The smallest absolute Gasteiger partial charge is 0.225 e. The van der Waals surface area contributed by atoms with E-state index in [1.807, 2.05) is 47.6 Å². The van der Waals surface area contributed by atoms with Crippen molar-refractivity contribution < 1.29 is 4.39 Å². The van der Waals surface area contributed by atoms with Gasteiger partial charge in [-0.15, -0.1) is 5.10 Å². The second kappa shape index (κ2) is 9.44. The molecule has 1 saturated heterocycles. The molecule has 182 valence electrons. The summed E-state index contributed by atoms with van der Waals surface area (Å²) in [6.45, 7) is 4.46. The highest BCUT2D eigenvalue weighted by atomic mass is 19.1. The Morgan fingerprint density at radius 2 is 1.83 bits per heavy atom. The van der Waals surface area contributed by atoms with Crippen molar-refractivity contribution in [1.29, 1.82) is 0 Å². The van der Waals surface area contributed by atoms with E-state index in [2.05, 4.69) is 43.4 Å². The van der Waals surface area contributed by atoms with Crippen LogP contribution in [-0.2, 0) is 13.0 Å². The largest absolute Gasteiger partial charge is 0.341 e. The molecule has 0 atom stereocenters. The first-order chi connectivity index (χ1) is 17.7. The molecule has 1 fully saturated rings. The van der Waals surface area contributed by atoms with Gasteiger partial charge in [-0.3, -0.25) is 4.98 Å². The van der Waals surface area contributed by atoms with Gasteiger partial charge in [-0.1, -0.05) is 13.0 Å². The van der Waals surface area contributed by atoms with E-state index in [1.54, 1.807) is 0 Å². The summed E-state index contributed by atoms with van der Waals surface area (Å²) in [6.07, 6.45) is 12.2. The number of halogens is 1. The summed E-state index contributed by atoms with van der Waals surface area (Å²) in [5.41, 5.74) is 4.42. The first-order valence-electron chi connectivity index (χ1n) is 12.2. The zero-order valence-corrected chi connectivity index (χ0v) is 20.0. The van der Waals surface area contributed by atoms with Gasteiger partial charge >= 0.3 is 0 Å². The second-order valence-corrected chi connectivity index (χ2v) is 9.15. The number of fused-ring (bicyclic) bond motifs is 1. The summed E-state index contributed by atoms with van der Waals surface area (Å²) < 4.78 is 18.3. The fraction of sp³-hybridized carbons (Fsp3) is 0.308. The quantitative estimate of drug-likeness (QED) is 0.361. The summed E-state index contributed by atoms with van der Waals surface area (Å²) in [5, 5.41) is 11.9. The minimum absolute atomic E-state index is 0.320. The van der Waals surface area contributed by atoms with Crippen molar-refractivity contribution >= 4 is 16.9 Å². The van der Waals surface area contributed by atoms with Crippen LogP contribution < -0.4 is 4.90 Å². The Balaban J connectivity index is 1.12. The molecule has 0 spiro atoms. The second-order valence-electron chi connectivity index (χ2n) is 9.15. The zero-order valence-electron chi connectivity index (χ0n) is 20.0. The fourth-order valence-electron chi connectivity index (χ4n) is 4.88. The highest BCUT2D eigenvalue weighted by Gasteiger charge is 2.22. The molecule has 0 unspecified atom stereocenters. The number of hydrogen-bond acceptors (Lipinski definition) is 7. The Morgan fingerprint density at radius 1 is 1.00 bits per heavy atom. The first kappa shape index (κ1) is 22.3. The lowest BCUT2D eigenvalue weighted by molar-refractivity contribution is 0.498. The normalized spacial score (nSPS) is 14.6. The van der Waals surface area contributed by atoms with E-state index < -0.39 is 0 Å². The van der Waals surface area contributed by atoms with Crippen LogP contribution in [0.4, 0.5) is 10.3 Å². The maximum Gasteiger partial charge on any atom is 0.225 e. The number of hydrogen-bond donors (Lipinski definition) is 0. The summed E-state index contributed by atoms with van der Waals surface area (Å²) in [6, 6.07) is 9.42. The van der Waals surface area contributed by atoms with Gasteiger partial charge in [0.05, 0.1) is 23.4 Å². The predicted molar refractivity (Wildman–Crippen MR) is 134 cm³/mol. The number of rotatable bonds is 6. The standard InChI is InChI=1S/C26H26FN9/c1-2-18-13-29-26(30-14-18)34-8-5-19(6-9-34)21-3-4-22(28-15-21)16-35-10-7-20-11-23(12-24(27)25(20)35)36-17-31-32-33-36/h3-4,7,10-15,17,19H,2,5-6,8-9,16H2,1H3. The minimum Gasteiger partial charge on any atom is -0.341 e. The molecule has 1 aromatic carbocycles. The Morgan fingerprint density at radius 3 is 2.53 bits per heavy atom. The third-order valence-corrected chi connectivity index (χ3v) is 6.94. The molecule has 4 aromatic heterocycles. The molecular weight excluding hydrogens is 457 g/mol. The van der Waals surface area contributed by atoms with Crippen LogP contribution in [0, 0.1) is 5.82 Å². The van der Waals surface area contributed by atoms with E-state index in [9.17, 15) is 4.39 Å². The number of pyridine rings is 1. The first-order valence-corrected chi connectivity index (χ1v) is 12.2. The zero-order chi connectivity index (χ0) is 24.5. The number of anilines is 1. The van der Waals surface area contributed by atoms with Crippen LogP contribution in [0.25, 0.3) is 16.6 Å². The molecule has 1 aliphatic heterocycles. The third-order valence-electron chi connectivity index (χ3n) is 6.94. The topological polar surface area (TPSA) is 90.4 Å². The molecule has 5 aromatic rings. The molecule has 0 N–H and O–H groups in total. The lowest BCUT2D eigenvalue weighted by Gasteiger charge is -2.32. The van der Waals surface area contributed by atoms with Crippen LogP contribution in [0.5, 0.6) is 0 Å². The van der Waals surface area contributed by atoms with Crippen LogP contribution in [0.15, 0.2) is 61.4 Å². The SMILES string of the molecule is CCc1cnc(N2CCC(c3ccc(Cn4ccc5cc(-n6cnnn6)cc(F)c54)nc3)CC2)nc1. The van der Waals surface area contributed by atoms with Gasteiger partial charge in [-0.2, -0.15) is 0 Å². The summed E-state index contributed by atoms with van der Waals surface area (Å²) >= 11 is 0. The van der Waals surface area contributed by atoms with E-state index in [4.69, 9.17) is 4.98 Å². The number of tetrazole rings is 1. The predicted octanol–water partition coefficient (Wildman–Crippen LogP) is 3.94. The molecular formula is C26H26FN9. The van der Waals surface area contributed by atoms with Crippen LogP contribution in [0.1, 0.15) is 42.5 Å². The van der Waals surface area contributed by atoms with Gasteiger partial charge < -0.3 is 9.47 Å². The molecule has 1 aliphatic rings. The van der Waals surface area contributed by atoms with Crippen LogP contribution in [0.2, 0.25) is 0 Å². The third kappa shape index (κ3) is 4.30. The number of aromatic nitrogens is 8. The van der Waals surface area contributed by atoms with Gasteiger partial charge in [0, 0.05) is 49.3 Å². The minimum atomic E-state index is -0.320. The van der Waals surface area contributed by atoms with Gasteiger partial charge in [0.15, 0.2) is 0 Å². The molecule has 0 saturated carbocycles. The lowest BCUT2D eigenvalue weighted by atomic mass is 9.90. The lowest BCUT2D eigenvalue weighted by Crippen LogP contribution is -2.34. The highest BCUT2D eigenvalue weighted by Crippen LogP contribution is 2.29. The highest BCUT2D eigenvalue weighted by molar-refractivity contribution is 5.83. The number of nitrogens with zero attached hydrogens (tertiary/aromatic N) is 9. The van der Waals surface area contributed by atoms with Gasteiger partial charge in [-0.25, -0.2) is 19.0 Å². The molecule has 0 aliphatic carbocycles. The fourth-order valence-corrected chi connectivity index (χ4v) is 4.88. The van der Waals surface area contributed by atoms with Gasteiger partial charge in [0.25, 0.3) is 0 Å². The Kier molecular flexibility index (Phi) is 5.84. The molecule has 5 heterocycles. The van der Waals surface area contributed by atoms with E-state index in [1.165, 1.54) is 22.6 Å². The molecule has 6 rings (SSSR count). The molecule has 0 bridgehead atoms. The van der Waals surface area contributed by atoms with Crippen LogP contribution in [-0.4, -0.2) is 52.8 Å². The van der Waals surface area contributed by atoms with E-state index in [0.717, 1.165) is 54.9 Å². The van der Waals surface area contributed by atoms with Crippen molar-refractivity contribution in [2.75, 3.05) is 18.0 Å². The maximum atomic E-state index is 15.0. The Bertz CT molecular complexity index is 1450. The average molecular weight is 484 g/mol. The van der Waals surface area contributed by atoms with Crippen molar-refractivity contribution in [2.45, 2.75) is 38.6 Å². The van der Waals surface area contributed by atoms with Gasteiger partial charge in [-0.05, 0) is 64.9 Å². The number of piperidine rings is 1. The summed E-state index contributed by atoms with van der Waals surface area (Å²) in [5.74, 6) is 0.960. The van der Waals surface area contributed by atoms with Gasteiger partial charge in [0.2, 0.25) is 5.95 Å². The summed E-state index contributed by atoms with van der Waals surface area (Å²) in [7, 11) is 0. The van der Waals surface area contributed by atoms with Crippen molar-refractivity contribution in [3.63, 3.8) is 0 Å². The van der Waals surface area contributed by atoms with E-state index in [-0.39, 0.29) is 5.82 Å². The molecule has 36 heavy (non-hydrogen) atoms. The Labute approximate surface area is 207 Å². The van der Waals surface area contributed by atoms with Crippen molar-refractivity contribution in [1.82, 2.24) is 39.7 Å². The monoisotopic (exact) mass is 483 g/mol. The number of aryl methyl sites for hydroxylation is 1.